The van der Waals surface area contributed by atoms with E-state index in [0.717, 1.165) is 10.4 Å². The van der Waals surface area contributed by atoms with Gasteiger partial charge in [0.25, 0.3) is 5.91 Å². The number of carbonyl (C=O) groups is 1. The average molecular weight is 306 g/mol. The molecule has 1 heterocycles. The minimum atomic E-state index is -0.818. The van der Waals surface area contributed by atoms with Crippen molar-refractivity contribution >= 4 is 29.1 Å². The van der Waals surface area contributed by atoms with Crippen LogP contribution in [0.15, 0.2) is 40.9 Å². The number of rotatable bonds is 5. The third kappa shape index (κ3) is 4.39. The zero-order chi connectivity index (χ0) is 15.2. The lowest BCUT2D eigenvalue weighted by Gasteiger charge is -2.11. The molecule has 2 rings (SSSR count). The smallest absolute Gasteiger partial charge is 0.268 e. The maximum atomic E-state index is 13.6. The Morgan fingerprint density at radius 2 is 2.29 bits per heavy atom. The molecule has 1 aromatic carbocycles. The number of hydrogen-bond donors (Lipinski definition) is 1. The second kappa shape index (κ2) is 6.99. The van der Waals surface area contributed by atoms with Gasteiger partial charge in [-0.05, 0) is 43.0 Å². The Morgan fingerprint density at radius 3 is 2.95 bits per heavy atom. The van der Waals surface area contributed by atoms with Crippen molar-refractivity contribution in [2.45, 2.75) is 20.0 Å². The Kier molecular flexibility index (Phi) is 5.05. The Morgan fingerprint density at radius 1 is 1.48 bits per heavy atom. The van der Waals surface area contributed by atoms with Crippen molar-refractivity contribution in [1.29, 1.82) is 0 Å². The van der Waals surface area contributed by atoms with E-state index in [-0.39, 0.29) is 5.69 Å². The molecule has 0 saturated carbocycles. The van der Waals surface area contributed by atoms with Gasteiger partial charge in [0, 0.05) is 4.88 Å². The maximum absolute atomic E-state index is 13.6. The first kappa shape index (κ1) is 15.2. The summed E-state index contributed by atoms with van der Waals surface area (Å²) < 4.78 is 13.6. The van der Waals surface area contributed by atoms with Crippen LogP contribution < -0.4 is 5.32 Å². The summed E-state index contributed by atoms with van der Waals surface area (Å²) in [6, 6.07) is 8.37. The van der Waals surface area contributed by atoms with Crippen molar-refractivity contribution in [3.05, 3.63) is 52.0 Å². The van der Waals surface area contributed by atoms with E-state index in [0.29, 0.717) is 0 Å². The van der Waals surface area contributed by atoms with Gasteiger partial charge in [0.15, 0.2) is 0 Å². The second-order valence-electron chi connectivity index (χ2n) is 4.47. The van der Waals surface area contributed by atoms with Crippen LogP contribution in [0.3, 0.4) is 0 Å². The highest BCUT2D eigenvalue weighted by atomic mass is 32.1. The van der Waals surface area contributed by atoms with Gasteiger partial charge in [-0.15, -0.1) is 11.3 Å². The Balaban J connectivity index is 1.90. The number of oxime groups is 1. The zero-order valence-electron chi connectivity index (χ0n) is 11.7. The summed E-state index contributed by atoms with van der Waals surface area (Å²) in [5.41, 5.74) is 0.915. The van der Waals surface area contributed by atoms with Gasteiger partial charge < -0.3 is 10.2 Å². The van der Waals surface area contributed by atoms with Crippen molar-refractivity contribution in [2.24, 2.45) is 5.16 Å². The number of halogens is 1. The van der Waals surface area contributed by atoms with E-state index in [9.17, 15) is 9.18 Å². The van der Waals surface area contributed by atoms with Gasteiger partial charge in [0.2, 0.25) is 6.10 Å². The fourth-order valence-corrected chi connectivity index (χ4v) is 2.12. The zero-order valence-corrected chi connectivity index (χ0v) is 12.5. The van der Waals surface area contributed by atoms with E-state index in [2.05, 4.69) is 10.5 Å². The molecule has 0 radical (unpaired) electrons. The van der Waals surface area contributed by atoms with Crippen LogP contribution in [0, 0.1) is 12.7 Å². The van der Waals surface area contributed by atoms with Crippen LogP contribution in [0.5, 0.6) is 0 Å². The highest BCUT2D eigenvalue weighted by Gasteiger charge is 2.15. The Hall–Kier alpha value is -2.21. The molecule has 0 bridgehead atoms. The third-order valence-electron chi connectivity index (χ3n) is 2.69. The molecule has 0 spiro atoms. The standard InChI is InChI=1S/C15H15FN2O2S/c1-10-5-6-14(13(16)8-10)18-15(19)11(2)20-17-9-12-4-3-7-21-12/h3-9,11H,1-2H3,(H,18,19)/b17-9+. The van der Waals surface area contributed by atoms with E-state index in [1.54, 1.807) is 19.9 Å². The normalized spacial score (nSPS) is 12.3. The van der Waals surface area contributed by atoms with Gasteiger partial charge in [-0.25, -0.2) is 4.39 Å². The number of hydrogen-bond acceptors (Lipinski definition) is 4. The number of aryl methyl sites for hydroxylation is 1. The summed E-state index contributed by atoms with van der Waals surface area (Å²) in [5.74, 6) is -0.932. The fraction of sp³-hybridized carbons (Fsp3) is 0.200. The summed E-state index contributed by atoms with van der Waals surface area (Å²) in [4.78, 5) is 17.8. The SMILES string of the molecule is Cc1ccc(NC(=O)C(C)O/N=C/c2cccs2)c(F)c1. The molecule has 1 atom stereocenters. The van der Waals surface area contributed by atoms with Crippen molar-refractivity contribution < 1.29 is 14.0 Å². The van der Waals surface area contributed by atoms with Crippen LogP contribution in [0.25, 0.3) is 0 Å². The summed E-state index contributed by atoms with van der Waals surface area (Å²) >= 11 is 1.51. The molecule has 2 aromatic rings. The van der Waals surface area contributed by atoms with E-state index in [4.69, 9.17) is 4.84 Å². The van der Waals surface area contributed by atoms with E-state index in [1.165, 1.54) is 29.7 Å². The van der Waals surface area contributed by atoms with Crippen molar-refractivity contribution in [3.63, 3.8) is 0 Å². The van der Waals surface area contributed by atoms with Crippen molar-refractivity contribution in [3.8, 4) is 0 Å². The van der Waals surface area contributed by atoms with Gasteiger partial charge in [-0.1, -0.05) is 17.3 Å². The minimum Gasteiger partial charge on any atom is -0.383 e. The number of thiophene rings is 1. The van der Waals surface area contributed by atoms with Gasteiger partial charge in [0.05, 0.1) is 11.9 Å². The molecule has 6 heteroatoms. The van der Waals surface area contributed by atoms with Gasteiger partial charge in [-0.3, -0.25) is 4.79 Å². The fourth-order valence-electron chi connectivity index (χ4n) is 1.54. The van der Waals surface area contributed by atoms with Gasteiger partial charge in [-0.2, -0.15) is 0 Å². The number of benzene rings is 1. The quantitative estimate of drug-likeness (QED) is 0.678. The molecule has 0 fully saturated rings. The molecule has 4 nitrogen and oxygen atoms in total. The lowest BCUT2D eigenvalue weighted by molar-refractivity contribution is -0.126. The molecule has 110 valence electrons. The first-order valence-corrected chi connectivity index (χ1v) is 7.24. The largest absolute Gasteiger partial charge is 0.383 e. The van der Waals surface area contributed by atoms with E-state index >= 15 is 0 Å². The summed E-state index contributed by atoms with van der Waals surface area (Å²) in [5, 5.41) is 8.13. The molecule has 1 aromatic heterocycles. The minimum absolute atomic E-state index is 0.128. The van der Waals surface area contributed by atoms with Crippen LogP contribution >= 0.6 is 11.3 Å². The molecular weight excluding hydrogens is 291 g/mol. The third-order valence-corrected chi connectivity index (χ3v) is 3.50. The van der Waals surface area contributed by atoms with Crippen LogP contribution in [-0.2, 0) is 9.63 Å². The van der Waals surface area contributed by atoms with Crippen LogP contribution in [0.2, 0.25) is 0 Å². The average Bonchev–Trinajstić information content (AvgIpc) is 2.95. The van der Waals surface area contributed by atoms with Crippen molar-refractivity contribution in [2.75, 3.05) is 5.32 Å². The van der Waals surface area contributed by atoms with Gasteiger partial charge in [0.1, 0.15) is 5.82 Å². The topological polar surface area (TPSA) is 50.7 Å². The maximum Gasteiger partial charge on any atom is 0.268 e. The Labute approximate surface area is 126 Å². The number of nitrogens with one attached hydrogen (secondary N) is 1. The molecule has 1 N–H and O–H groups in total. The summed E-state index contributed by atoms with van der Waals surface area (Å²) in [7, 11) is 0. The monoisotopic (exact) mass is 306 g/mol. The highest BCUT2D eigenvalue weighted by molar-refractivity contribution is 7.11. The Bertz CT molecular complexity index is 641. The summed E-state index contributed by atoms with van der Waals surface area (Å²) in [6.07, 6.45) is 0.711. The van der Waals surface area contributed by atoms with Crippen LogP contribution in [-0.4, -0.2) is 18.2 Å². The van der Waals surface area contributed by atoms with Gasteiger partial charge >= 0.3 is 0 Å². The first-order valence-electron chi connectivity index (χ1n) is 6.36. The van der Waals surface area contributed by atoms with Crippen LogP contribution in [0.1, 0.15) is 17.4 Å². The second-order valence-corrected chi connectivity index (χ2v) is 5.45. The molecule has 0 saturated heterocycles. The molecule has 1 unspecified atom stereocenters. The number of amides is 1. The first-order chi connectivity index (χ1) is 10.1. The molecular formula is C15H15FN2O2S. The molecule has 0 aliphatic carbocycles. The van der Waals surface area contributed by atoms with E-state index in [1.807, 2.05) is 17.5 Å². The van der Waals surface area contributed by atoms with Crippen molar-refractivity contribution in [1.82, 2.24) is 0 Å². The predicted molar refractivity (Wildman–Crippen MR) is 82.2 cm³/mol. The number of nitrogens with zero attached hydrogens (tertiary/aromatic N) is 1. The molecule has 0 aliphatic rings. The van der Waals surface area contributed by atoms with Crippen LogP contribution in [0.4, 0.5) is 10.1 Å². The molecule has 1 amide bonds. The predicted octanol–water partition coefficient (Wildman–Crippen LogP) is 3.57. The number of carbonyl (C=O) groups excluding carboxylic acids is 1. The lowest BCUT2D eigenvalue weighted by atomic mass is 10.2. The molecule has 0 aliphatic heterocycles. The summed E-state index contributed by atoms with van der Waals surface area (Å²) in [6.45, 7) is 3.33. The number of anilines is 1. The lowest BCUT2D eigenvalue weighted by Crippen LogP contribution is -2.26. The molecule has 21 heavy (non-hydrogen) atoms. The highest BCUT2D eigenvalue weighted by Crippen LogP contribution is 2.15. The van der Waals surface area contributed by atoms with E-state index < -0.39 is 17.8 Å².